The highest BCUT2D eigenvalue weighted by Gasteiger charge is 2.21. The van der Waals surface area contributed by atoms with Crippen LogP contribution in [0.15, 0.2) is 18.2 Å². The zero-order valence-corrected chi connectivity index (χ0v) is 13.1. The molecule has 1 amide bonds. The zero-order valence-electron chi connectivity index (χ0n) is 13.1. The standard InChI is InChI=1S/C16H25N3O2/c1-4-12(2)19(9-10-21-3)16(20)13-5-6-14-15(11-13)18-8-7-17-14/h5-6,11-12,17-18H,4,7-10H2,1-3H3. The summed E-state index contributed by atoms with van der Waals surface area (Å²) in [5.41, 5.74) is 2.79. The Kier molecular flexibility index (Phi) is 5.44. The third-order valence-corrected chi connectivity index (χ3v) is 3.94. The van der Waals surface area contributed by atoms with Crippen LogP contribution in [0.3, 0.4) is 0 Å². The minimum atomic E-state index is 0.0663. The smallest absolute Gasteiger partial charge is 0.254 e. The molecule has 116 valence electrons. The fraction of sp³-hybridized carbons (Fsp3) is 0.562. The van der Waals surface area contributed by atoms with Gasteiger partial charge in [-0.1, -0.05) is 6.92 Å². The van der Waals surface area contributed by atoms with Crippen LogP contribution in [0.4, 0.5) is 11.4 Å². The fourth-order valence-corrected chi connectivity index (χ4v) is 2.47. The highest BCUT2D eigenvalue weighted by atomic mass is 16.5. The zero-order chi connectivity index (χ0) is 15.2. The summed E-state index contributed by atoms with van der Waals surface area (Å²) in [6.45, 7) is 7.13. The van der Waals surface area contributed by atoms with E-state index in [0.717, 1.165) is 36.4 Å². The van der Waals surface area contributed by atoms with E-state index in [1.807, 2.05) is 23.1 Å². The number of hydrogen-bond donors (Lipinski definition) is 2. The van der Waals surface area contributed by atoms with Gasteiger partial charge in [0.2, 0.25) is 0 Å². The predicted octanol–water partition coefficient (Wildman–Crippen LogP) is 2.41. The summed E-state index contributed by atoms with van der Waals surface area (Å²) >= 11 is 0. The molecule has 1 unspecified atom stereocenters. The van der Waals surface area contributed by atoms with E-state index in [1.165, 1.54) is 0 Å². The van der Waals surface area contributed by atoms with Gasteiger partial charge in [0.05, 0.1) is 18.0 Å². The average Bonchev–Trinajstić information content (AvgIpc) is 2.54. The lowest BCUT2D eigenvalue weighted by Gasteiger charge is -2.29. The number of nitrogens with one attached hydrogen (secondary N) is 2. The van der Waals surface area contributed by atoms with E-state index in [-0.39, 0.29) is 11.9 Å². The first kappa shape index (κ1) is 15.6. The van der Waals surface area contributed by atoms with Gasteiger partial charge in [0, 0.05) is 38.3 Å². The van der Waals surface area contributed by atoms with E-state index in [2.05, 4.69) is 24.5 Å². The largest absolute Gasteiger partial charge is 0.383 e. The Bertz CT molecular complexity index is 490. The van der Waals surface area contributed by atoms with Gasteiger partial charge in [0.25, 0.3) is 5.91 Å². The van der Waals surface area contributed by atoms with Gasteiger partial charge in [-0.25, -0.2) is 0 Å². The SMILES string of the molecule is CCC(C)N(CCOC)C(=O)c1ccc2c(c1)NCCN2. The third kappa shape index (κ3) is 3.67. The number of nitrogens with zero attached hydrogens (tertiary/aromatic N) is 1. The van der Waals surface area contributed by atoms with Crippen LogP contribution in [-0.4, -0.2) is 50.2 Å². The van der Waals surface area contributed by atoms with Crippen molar-refractivity contribution in [2.75, 3.05) is 44.0 Å². The lowest BCUT2D eigenvalue weighted by Crippen LogP contribution is -2.40. The maximum absolute atomic E-state index is 12.8. The number of rotatable bonds is 6. The van der Waals surface area contributed by atoms with E-state index in [4.69, 9.17) is 4.74 Å². The summed E-state index contributed by atoms with van der Waals surface area (Å²) in [5.74, 6) is 0.0663. The highest BCUT2D eigenvalue weighted by Crippen LogP contribution is 2.26. The minimum Gasteiger partial charge on any atom is -0.383 e. The number of anilines is 2. The van der Waals surface area contributed by atoms with Gasteiger partial charge in [0.1, 0.15) is 0 Å². The van der Waals surface area contributed by atoms with Crippen LogP contribution in [0.1, 0.15) is 30.6 Å². The van der Waals surface area contributed by atoms with Crippen LogP contribution in [0.2, 0.25) is 0 Å². The van der Waals surface area contributed by atoms with Crippen molar-refractivity contribution >= 4 is 17.3 Å². The Balaban J connectivity index is 2.19. The van der Waals surface area contributed by atoms with Gasteiger partial charge in [0.15, 0.2) is 0 Å². The lowest BCUT2D eigenvalue weighted by atomic mass is 10.1. The number of carbonyl (C=O) groups is 1. The Morgan fingerprint density at radius 1 is 1.33 bits per heavy atom. The number of fused-ring (bicyclic) bond motifs is 1. The van der Waals surface area contributed by atoms with Gasteiger partial charge < -0.3 is 20.3 Å². The topological polar surface area (TPSA) is 53.6 Å². The number of benzene rings is 1. The molecule has 0 bridgehead atoms. The minimum absolute atomic E-state index is 0.0663. The monoisotopic (exact) mass is 291 g/mol. The van der Waals surface area contributed by atoms with Crippen molar-refractivity contribution < 1.29 is 9.53 Å². The van der Waals surface area contributed by atoms with E-state index in [9.17, 15) is 4.79 Å². The molecule has 5 nitrogen and oxygen atoms in total. The first-order valence-corrected chi connectivity index (χ1v) is 7.59. The van der Waals surface area contributed by atoms with Crippen molar-refractivity contribution in [3.63, 3.8) is 0 Å². The molecule has 1 aliphatic heterocycles. The number of amides is 1. The molecule has 21 heavy (non-hydrogen) atoms. The highest BCUT2D eigenvalue weighted by molar-refractivity contribution is 5.96. The molecular weight excluding hydrogens is 266 g/mol. The summed E-state index contributed by atoms with van der Waals surface area (Å²) in [7, 11) is 1.66. The van der Waals surface area contributed by atoms with Gasteiger partial charge >= 0.3 is 0 Å². The maximum Gasteiger partial charge on any atom is 0.254 e. The normalized spacial score (nSPS) is 14.6. The van der Waals surface area contributed by atoms with Gasteiger partial charge in [-0.3, -0.25) is 4.79 Å². The number of ether oxygens (including phenoxy) is 1. The Morgan fingerprint density at radius 3 is 2.71 bits per heavy atom. The molecule has 1 heterocycles. The van der Waals surface area contributed by atoms with Crippen molar-refractivity contribution in [2.24, 2.45) is 0 Å². The summed E-state index contributed by atoms with van der Waals surface area (Å²) in [5, 5.41) is 6.64. The molecular formula is C16H25N3O2. The molecule has 0 fully saturated rings. The molecule has 0 saturated heterocycles. The predicted molar refractivity (Wildman–Crippen MR) is 86.1 cm³/mol. The van der Waals surface area contributed by atoms with Gasteiger partial charge in [-0.05, 0) is 31.5 Å². The van der Waals surface area contributed by atoms with Crippen molar-refractivity contribution in [1.82, 2.24) is 4.90 Å². The van der Waals surface area contributed by atoms with E-state index in [0.29, 0.717) is 13.2 Å². The molecule has 0 saturated carbocycles. The molecule has 0 aromatic heterocycles. The maximum atomic E-state index is 12.8. The second kappa shape index (κ2) is 7.31. The molecule has 0 radical (unpaired) electrons. The van der Waals surface area contributed by atoms with Crippen LogP contribution < -0.4 is 10.6 Å². The molecule has 0 aliphatic carbocycles. The molecule has 0 spiro atoms. The van der Waals surface area contributed by atoms with Crippen LogP contribution in [-0.2, 0) is 4.74 Å². The van der Waals surface area contributed by atoms with Crippen molar-refractivity contribution in [2.45, 2.75) is 26.3 Å². The molecule has 2 rings (SSSR count). The molecule has 1 atom stereocenters. The first-order chi connectivity index (χ1) is 10.2. The second-order valence-corrected chi connectivity index (χ2v) is 5.36. The molecule has 1 aromatic rings. The third-order valence-electron chi connectivity index (χ3n) is 3.94. The molecule has 1 aliphatic rings. The second-order valence-electron chi connectivity index (χ2n) is 5.36. The fourth-order valence-electron chi connectivity index (χ4n) is 2.47. The Morgan fingerprint density at radius 2 is 2.05 bits per heavy atom. The van der Waals surface area contributed by atoms with E-state index >= 15 is 0 Å². The summed E-state index contributed by atoms with van der Waals surface area (Å²) < 4.78 is 5.13. The summed E-state index contributed by atoms with van der Waals surface area (Å²) in [6.07, 6.45) is 0.931. The number of carbonyl (C=O) groups excluding carboxylic acids is 1. The van der Waals surface area contributed by atoms with E-state index < -0.39 is 0 Å². The van der Waals surface area contributed by atoms with Crippen LogP contribution in [0, 0.1) is 0 Å². The Labute approximate surface area is 126 Å². The summed E-state index contributed by atoms with van der Waals surface area (Å²) in [4.78, 5) is 14.6. The Hall–Kier alpha value is -1.75. The van der Waals surface area contributed by atoms with E-state index in [1.54, 1.807) is 7.11 Å². The van der Waals surface area contributed by atoms with Gasteiger partial charge in [-0.15, -0.1) is 0 Å². The number of hydrogen-bond acceptors (Lipinski definition) is 4. The molecule has 5 heteroatoms. The van der Waals surface area contributed by atoms with Crippen molar-refractivity contribution in [3.8, 4) is 0 Å². The molecule has 2 N–H and O–H groups in total. The quantitative estimate of drug-likeness (QED) is 0.845. The van der Waals surface area contributed by atoms with Gasteiger partial charge in [-0.2, -0.15) is 0 Å². The average molecular weight is 291 g/mol. The lowest BCUT2D eigenvalue weighted by molar-refractivity contribution is 0.0614. The molecule has 1 aromatic carbocycles. The van der Waals surface area contributed by atoms with Crippen LogP contribution in [0.25, 0.3) is 0 Å². The van der Waals surface area contributed by atoms with Crippen LogP contribution >= 0.6 is 0 Å². The van der Waals surface area contributed by atoms with Crippen molar-refractivity contribution in [1.29, 1.82) is 0 Å². The first-order valence-electron chi connectivity index (χ1n) is 7.59. The van der Waals surface area contributed by atoms with Crippen molar-refractivity contribution in [3.05, 3.63) is 23.8 Å². The number of methoxy groups -OCH3 is 1. The van der Waals surface area contributed by atoms with Crippen LogP contribution in [0.5, 0.6) is 0 Å². The summed E-state index contributed by atoms with van der Waals surface area (Å²) in [6, 6.07) is 6.00.